The average molecular weight is 605 g/mol. The molecule has 1 fully saturated rings. The van der Waals surface area contributed by atoms with Crippen molar-refractivity contribution in [3.05, 3.63) is 138 Å². The van der Waals surface area contributed by atoms with E-state index in [0.29, 0.717) is 0 Å². The molecule has 0 spiro atoms. The molecule has 0 amide bonds. The van der Waals surface area contributed by atoms with Crippen LogP contribution in [0.25, 0.3) is 0 Å². The molecule has 8 nitrogen and oxygen atoms in total. The Hall–Kier alpha value is -3.41. The van der Waals surface area contributed by atoms with Gasteiger partial charge in [-0.3, -0.25) is 4.18 Å². The van der Waals surface area contributed by atoms with Crippen molar-refractivity contribution < 1.29 is 36.7 Å². The Kier molecular flexibility index (Phi) is 10.7. The average Bonchev–Trinajstić information content (AvgIpc) is 3.03. The van der Waals surface area contributed by atoms with Gasteiger partial charge in [-0.05, 0) is 35.7 Å². The van der Waals surface area contributed by atoms with Gasteiger partial charge in [0.15, 0.2) is 6.29 Å². The lowest BCUT2D eigenvalue weighted by Crippen LogP contribution is -2.61. The van der Waals surface area contributed by atoms with E-state index in [1.807, 2.05) is 97.9 Å². The molecule has 1 aliphatic rings. The minimum Gasteiger partial charge on any atom is -0.368 e. The van der Waals surface area contributed by atoms with Gasteiger partial charge in [0.05, 0.1) is 31.3 Å². The van der Waals surface area contributed by atoms with Crippen LogP contribution in [0.5, 0.6) is 0 Å². The zero-order valence-corrected chi connectivity index (χ0v) is 24.7. The topological polar surface area (TPSA) is 101 Å². The van der Waals surface area contributed by atoms with E-state index in [1.54, 1.807) is 12.1 Å². The van der Waals surface area contributed by atoms with Gasteiger partial charge in [0.25, 0.3) is 10.1 Å². The molecule has 1 saturated heterocycles. The first-order valence-electron chi connectivity index (χ1n) is 14.2. The molecule has 0 aliphatic carbocycles. The molecule has 4 aromatic carbocycles. The van der Waals surface area contributed by atoms with Crippen molar-refractivity contribution in [2.45, 2.75) is 62.3 Å². The number of aliphatic hydroxyl groups excluding tert-OH is 1. The first-order valence-corrected chi connectivity index (χ1v) is 15.6. The smallest absolute Gasteiger partial charge is 0.297 e. The fraction of sp³-hybridized carbons (Fsp3) is 0.294. The predicted octanol–water partition coefficient (Wildman–Crippen LogP) is 5.17. The Morgan fingerprint density at radius 3 is 1.56 bits per heavy atom. The van der Waals surface area contributed by atoms with Crippen LogP contribution in [0.1, 0.15) is 22.3 Å². The molecule has 0 aromatic heterocycles. The van der Waals surface area contributed by atoms with Crippen molar-refractivity contribution in [1.29, 1.82) is 0 Å². The Morgan fingerprint density at radius 1 is 0.628 bits per heavy atom. The second kappa shape index (κ2) is 14.9. The van der Waals surface area contributed by atoms with Crippen LogP contribution in [-0.4, -0.2) is 50.8 Å². The lowest BCUT2D eigenvalue weighted by molar-refractivity contribution is -0.314. The number of hydrogen-bond acceptors (Lipinski definition) is 8. The van der Waals surface area contributed by atoms with Crippen LogP contribution in [0, 0.1) is 6.92 Å². The third-order valence-corrected chi connectivity index (χ3v) is 8.46. The summed E-state index contributed by atoms with van der Waals surface area (Å²) < 4.78 is 56.5. The molecule has 0 saturated carbocycles. The summed E-state index contributed by atoms with van der Waals surface area (Å²) in [5, 5.41) is 11.2. The number of ether oxygens (including phenoxy) is 4. The number of aliphatic hydroxyl groups is 1. The minimum absolute atomic E-state index is 0.0251. The number of benzene rings is 4. The Balaban J connectivity index is 1.40. The fourth-order valence-electron chi connectivity index (χ4n) is 4.83. The molecular formula is C34H36O8S. The maximum absolute atomic E-state index is 13.0. The van der Waals surface area contributed by atoms with Crippen molar-refractivity contribution in [2.24, 2.45) is 0 Å². The van der Waals surface area contributed by atoms with E-state index in [0.717, 1.165) is 22.3 Å². The summed E-state index contributed by atoms with van der Waals surface area (Å²) in [5.41, 5.74) is 3.66. The Morgan fingerprint density at radius 2 is 1.07 bits per heavy atom. The van der Waals surface area contributed by atoms with Crippen molar-refractivity contribution in [3.63, 3.8) is 0 Å². The largest absolute Gasteiger partial charge is 0.368 e. The SMILES string of the molecule is Cc1ccc(S(=O)(=O)OC[C@H]2O[C@H](O)[C@H](OCc3ccccc3)[C@@H](OCc3ccccc3)[C@H]2OCc2ccccc2)cc1. The third-order valence-electron chi connectivity index (χ3n) is 7.16. The molecule has 1 heterocycles. The van der Waals surface area contributed by atoms with Gasteiger partial charge in [0.2, 0.25) is 0 Å². The molecule has 1 aliphatic heterocycles. The summed E-state index contributed by atoms with van der Waals surface area (Å²) in [4.78, 5) is 0.0251. The molecule has 5 rings (SSSR count). The molecule has 9 heteroatoms. The highest BCUT2D eigenvalue weighted by molar-refractivity contribution is 7.86. The van der Waals surface area contributed by atoms with Crippen LogP contribution in [0.3, 0.4) is 0 Å². The van der Waals surface area contributed by atoms with Crippen LogP contribution in [0.4, 0.5) is 0 Å². The first kappa shape index (κ1) is 31.0. The maximum atomic E-state index is 13.0. The summed E-state index contributed by atoms with van der Waals surface area (Å²) >= 11 is 0. The second-order valence-electron chi connectivity index (χ2n) is 10.4. The number of rotatable bonds is 13. The van der Waals surface area contributed by atoms with Crippen molar-refractivity contribution >= 4 is 10.1 Å². The zero-order chi connectivity index (χ0) is 30.1. The minimum atomic E-state index is -4.11. The van der Waals surface area contributed by atoms with E-state index in [2.05, 4.69) is 0 Å². The van der Waals surface area contributed by atoms with Gasteiger partial charge in [-0.25, -0.2) is 0 Å². The van der Waals surface area contributed by atoms with Crippen molar-refractivity contribution in [3.8, 4) is 0 Å². The van der Waals surface area contributed by atoms with Gasteiger partial charge < -0.3 is 24.1 Å². The fourth-order valence-corrected chi connectivity index (χ4v) is 5.75. The summed E-state index contributed by atoms with van der Waals surface area (Å²) in [6.07, 6.45) is -5.03. The third kappa shape index (κ3) is 8.58. The predicted molar refractivity (Wildman–Crippen MR) is 160 cm³/mol. The molecule has 1 N–H and O–H groups in total. The quantitative estimate of drug-likeness (QED) is 0.209. The normalized spacial score (nSPS) is 22.3. The zero-order valence-electron chi connectivity index (χ0n) is 23.9. The lowest BCUT2D eigenvalue weighted by Gasteiger charge is -2.44. The van der Waals surface area contributed by atoms with Gasteiger partial charge in [0, 0.05) is 0 Å². The summed E-state index contributed by atoms with van der Waals surface area (Å²) in [7, 11) is -4.11. The van der Waals surface area contributed by atoms with Crippen LogP contribution in [0.15, 0.2) is 120 Å². The van der Waals surface area contributed by atoms with Gasteiger partial charge in [-0.1, -0.05) is 109 Å². The van der Waals surface area contributed by atoms with Crippen molar-refractivity contribution in [2.75, 3.05) is 6.61 Å². The Labute approximate surface area is 252 Å². The molecule has 5 atom stereocenters. The van der Waals surface area contributed by atoms with E-state index in [1.165, 1.54) is 12.1 Å². The molecule has 43 heavy (non-hydrogen) atoms. The first-order chi connectivity index (χ1) is 20.9. The van der Waals surface area contributed by atoms with Gasteiger partial charge in [-0.15, -0.1) is 0 Å². The lowest BCUT2D eigenvalue weighted by atomic mass is 9.98. The maximum Gasteiger partial charge on any atom is 0.297 e. The highest BCUT2D eigenvalue weighted by Crippen LogP contribution is 2.30. The highest BCUT2D eigenvalue weighted by atomic mass is 32.2. The standard InChI is InChI=1S/C34H36O8S/c1-25-17-19-29(20-18-25)43(36,37)41-24-30-31(38-21-26-11-5-2-6-12-26)32(39-22-27-13-7-3-8-14-27)33(34(35)42-30)40-23-28-15-9-4-10-16-28/h2-20,30-35H,21-24H2,1H3/t30-,31+,32+,33-,34+/m1/s1. The molecule has 0 bridgehead atoms. The van der Waals surface area contributed by atoms with E-state index in [-0.39, 0.29) is 24.7 Å². The molecule has 4 aromatic rings. The van der Waals surface area contributed by atoms with Crippen LogP contribution < -0.4 is 0 Å². The van der Waals surface area contributed by atoms with Crippen LogP contribution in [-0.2, 0) is 53.1 Å². The van der Waals surface area contributed by atoms with E-state index < -0.39 is 47.4 Å². The monoisotopic (exact) mass is 604 g/mol. The van der Waals surface area contributed by atoms with E-state index >= 15 is 0 Å². The second-order valence-corrected chi connectivity index (χ2v) is 12.0. The van der Waals surface area contributed by atoms with Gasteiger partial charge in [0.1, 0.15) is 24.4 Å². The molecule has 0 radical (unpaired) electrons. The molecular weight excluding hydrogens is 568 g/mol. The van der Waals surface area contributed by atoms with Crippen molar-refractivity contribution in [1.82, 2.24) is 0 Å². The number of hydrogen-bond donors (Lipinski definition) is 1. The highest BCUT2D eigenvalue weighted by Gasteiger charge is 2.48. The van der Waals surface area contributed by atoms with Gasteiger partial charge in [-0.2, -0.15) is 8.42 Å². The van der Waals surface area contributed by atoms with Crippen LogP contribution >= 0.6 is 0 Å². The summed E-state index contributed by atoms with van der Waals surface area (Å²) in [5.74, 6) is 0. The van der Waals surface area contributed by atoms with E-state index in [9.17, 15) is 13.5 Å². The number of aryl methyl sites for hydroxylation is 1. The summed E-state index contributed by atoms with van der Waals surface area (Å²) in [6.45, 7) is 2.08. The van der Waals surface area contributed by atoms with Crippen LogP contribution in [0.2, 0.25) is 0 Å². The van der Waals surface area contributed by atoms with Gasteiger partial charge >= 0.3 is 0 Å². The molecule has 226 valence electrons. The summed E-state index contributed by atoms with van der Waals surface area (Å²) in [6, 6.07) is 35.1. The van der Waals surface area contributed by atoms with E-state index in [4.69, 9.17) is 23.1 Å². The Bertz CT molecular complexity index is 1500. The molecule has 0 unspecified atom stereocenters.